The molecule has 1 N–H and O–H groups in total. The first-order valence-electron chi connectivity index (χ1n) is 7.93. The lowest BCUT2D eigenvalue weighted by Crippen LogP contribution is -2.60. The molecule has 25 heavy (non-hydrogen) atoms. The summed E-state index contributed by atoms with van der Waals surface area (Å²) in [4.78, 5) is 27.8. The Bertz CT molecular complexity index is 707. The minimum absolute atomic E-state index is 0.0617. The van der Waals surface area contributed by atoms with Crippen molar-refractivity contribution in [1.82, 2.24) is 9.80 Å². The van der Waals surface area contributed by atoms with Crippen molar-refractivity contribution >= 4 is 17.6 Å². The molecule has 136 valence electrons. The van der Waals surface area contributed by atoms with E-state index in [9.17, 15) is 27.2 Å². The molecule has 2 aliphatic rings. The average Bonchev–Trinajstić information content (AvgIpc) is 3.00. The normalized spacial score (nSPS) is 23.6. The summed E-state index contributed by atoms with van der Waals surface area (Å²) >= 11 is 0. The van der Waals surface area contributed by atoms with E-state index in [1.165, 1.54) is 4.90 Å². The second-order valence-corrected chi connectivity index (χ2v) is 6.28. The van der Waals surface area contributed by atoms with Crippen LogP contribution in [0.25, 0.3) is 0 Å². The topological polar surface area (TPSA) is 52.7 Å². The standard InChI is InChI=1S/C16H17F4N3O2/c1-9-14(24)22-6-2-3-11(22)8-23(9)15(25)21-10-4-5-13(17)12(7-10)16(18,19)20/h4-5,7,9,11H,2-3,6,8H2,1H3,(H,21,25)/t9-,11+/m1/s1. The molecule has 2 fully saturated rings. The number of carbonyl (C=O) groups excluding carboxylic acids is 2. The van der Waals surface area contributed by atoms with Crippen molar-refractivity contribution in [2.45, 2.75) is 38.0 Å². The van der Waals surface area contributed by atoms with Crippen LogP contribution >= 0.6 is 0 Å². The smallest absolute Gasteiger partial charge is 0.336 e. The zero-order valence-electron chi connectivity index (χ0n) is 13.4. The number of hydrogen-bond acceptors (Lipinski definition) is 2. The molecule has 9 heteroatoms. The number of alkyl halides is 3. The number of anilines is 1. The average molecular weight is 359 g/mol. The van der Waals surface area contributed by atoms with Crippen molar-refractivity contribution in [1.29, 1.82) is 0 Å². The summed E-state index contributed by atoms with van der Waals surface area (Å²) in [6, 6.07) is 0.825. The maximum atomic E-state index is 13.3. The van der Waals surface area contributed by atoms with Crippen LogP contribution in [0.5, 0.6) is 0 Å². The summed E-state index contributed by atoms with van der Waals surface area (Å²) in [6.45, 7) is 2.57. The molecule has 0 spiro atoms. The Morgan fingerprint density at radius 2 is 2.04 bits per heavy atom. The zero-order chi connectivity index (χ0) is 18.4. The number of benzene rings is 1. The Morgan fingerprint density at radius 3 is 2.72 bits per heavy atom. The highest BCUT2D eigenvalue weighted by Crippen LogP contribution is 2.33. The van der Waals surface area contributed by atoms with Gasteiger partial charge in [0.2, 0.25) is 5.91 Å². The van der Waals surface area contributed by atoms with E-state index in [2.05, 4.69) is 5.32 Å². The Kier molecular flexibility index (Phi) is 4.34. The molecule has 3 rings (SSSR count). The number of rotatable bonds is 1. The maximum absolute atomic E-state index is 13.3. The van der Waals surface area contributed by atoms with E-state index in [1.54, 1.807) is 11.8 Å². The lowest BCUT2D eigenvalue weighted by atomic mass is 10.1. The van der Waals surface area contributed by atoms with Gasteiger partial charge in [-0.1, -0.05) is 0 Å². The highest BCUT2D eigenvalue weighted by molar-refractivity contribution is 5.94. The van der Waals surface area contributed by atoms with Gasteiger partial charge in [-0.15, -0.1) is 0 Å². The van der Waals surface area contributed by atoms with Crippen molar-refractivity contribution in [3.8, 4) is 0 Å². The first-order valence-corrected chi connectivity index (χ1v) is 7.93. The highest BCUT2D eigenvalue weighted by atomic mass is 19.4. The number of amides is 3. The van der Waals surface area contributed by atoms with E-state index in [0.29, 0.717) is 25.2 Å². The van der Waals surface area contributed by atoms with Gasteiger partial charge in [-0.3, -0.25) is 4.79 Å². The van der Waals surface area contributed by atoms with Crippen molar-refractivity contribution < 1.29 is 27.2 Å². The Morgan fingerprint density at radius 1 is 1.32 bits per heavy atom. The molecule has 2 heterocycles. The van der Waals surface area contributed by atoms with Gasteiger partial charge < -0.3 is 15.1 Å². The molecule has 0 saturated carbocycles. The van der Waals surface area contributed by atoms with Crippen LogP contribution in [0.2, 0.25) is 0 Å². The summed E-state index contributed by atoms with van der Waals surface area (Å²) in [5.74, 6) is -1.58. The minimum Gasteiger partial charge on any atom is -0.336 e. The number of nitrogens with one attached hydrogen (secondary N) is 1. The fraction of sp³-hybridized carbons (Fsp3) is 0.500. The number of nitrogens with zero attached hydrogens (tertiary/aromatic N) is 2. The molecule has 1 aromatic rings. The molecule has 0 aromatic heterocycles. The van der Waals surface area contributed by atoms with Gasteiger partial charge in [0.1, 0.15) is 11.9 Å². The van der Waals surface area contributed by atoms with Crippen molar-refractivity contribution in [2.75, 3.05) is 18.4 Å². The largest absolute Gasteiger partial charge is 0.419 e. The van der Waals surface area contributed by atoms with Gasteiger partial charge >= 0.3 is 12.2 Å². The molecule has 0 radical (unpaired) electrons. The van der Waals surface area contributed by atoms with Crippen LogP contribution in [-0.2, 0) is 11.0 Å². The molecule has 2 atom stereocenters. The van der Waals surface area contributed by atoms with Gasteiger partial charge in [-0.05, 0) is 38.0 Å². The highest BCUT2D eigenvalue weighted by Gasteiger charge is 2.42. The predicted octanol–water partition coefficient (Wildman–Crippen LogP) is 3.07. The van der Waals surface area contributed by atoms with Crippen LogP contribution in [-0.4, -0.2) is 46.9 Å². The lowest BCUT2D eigenvalue weighted by molar-refractivity contribution is -0.141. The zero-order valence-corrected chi connectivity index (χ0v) is 13.4. The summed E-state index contributed by atoms with van der Waals surface area (Å²) in [5, 5.41) is 2.33. The van der Waals surface area contributed by atoms with E-state index in [4.69, 9.17) is 0 Å². The third-order valence-electron chi connectivity index (χ3n) is 4.68. The number of hydrogen-bond donors (Lipinski definition) is 1. The number of carbonyl (C=O) groups is 2. The van der Waals surface area contributed by atoms with E-state index < -0.39 is 29.6 Å². The molecule has 1 aromatic carbocycles. The number of fused-ring (bicyclic) bond motifs is 1. The molecule has 2 aliphatic heterocycles. The first-order chi connectivity index (χ1) is 11.7. The fourth-order valence-corrected chi connectivity index (χ4v) is 3.35. The van der Waals surface area contributed by atoms with E-state index in [-0.39, 0.29) is 17.6 Å². The van der Waals surface area contributed by atoms with Crippen molar-refractivity contribution in [3.63, 3.8) is 0 Å². The molecule has 0 aliphatic carbocycles. The summed E-state index contributed by atoms with van der Waals surface area (Å²) in [7, 11) is 0. The lowest BCUT2D eigenvalue weighted by Gasteiger charge is -2.41. The van der Waals surface area contributed by atoms with Gasteiger partial charge in [0.05, 0.1) is 5.56 Å². The quantitative estimate of drug-likeness (QED) is 0.784. The van der Waals surface area contributed by atoms with E-state index in [0.717, 1.165) is 18.9 Å². The third kappa shape index (κ3) is 3.27. The van der Waals surface area contributed by atoms with Crippen LogP contribution < -0.4 is 5.32 Å². The first kappa shape index (κ1) is 17.5. The number of urea groups is 1. The van der Waals surface area contributed by atoms with Crippen molar-refractivity contribution in [2.24, 2.45) is 0 Å². The number of piperazine rings is 1. The molecule has 2 saturated heterocycles. The molecular formula is C16H17F4N3O2. The summed E-state index contributed by atoms with van der Waals surface area (Å²) < 4.78 is 51.6. The maximum Gasteiger partial charge on any atom is 0.419 e. The van der Waals surface area contributed by atoms with Crippen LogP contribution in [0.4, 0.5) is 28.0 Å². The molecule has 0 bridgehead atoms. The monoisotopic (exact) mass is 359 g/mol. The van der Waals surface area contributed by atoms with E-state index in [1.807, 2.05) is 0 Å². The third-order valence-corrected chi connectivity index (χ3v) is 4.68. The van der Waals surface area contributed by atoms with E-state index >= 15 is 0 Å². The predicted molar refractivity (Wildman–Crippen MR) is 81.3 cm³/mol. The van der Waals surface area contributed by atoms with Gasteiger partial charge in [-0.2, -0.15) is 13.2 Å². The van der Waals surface area contributed by atoms with Gasteiger partial charge in [0.15, 0.2) is 0 Å². The second kappa shape index (κ2) is 6.20. The van der Waals surface area contributed by atoms with Gasteiger partial charge in [0.25, 0.3) is 0 Å². The van der Waals surface area contributed by atoms with Crippen LogP contribution in [0.15, 0.2) is 18.2 Å². The van der Waals surface area contributed by atoms with Crippen molar-refractivity contribution in [3.05, 3.63) is 29.6 Å². The van der Waals surface area contributed by atoms with Crippen LogP contribution in [0.1, 0.15) is 25.3 Å². The Hall–Kier alpha value is -2.32. The SMILES string of the molecule is C[C@@H]1C(=O)N2CCC[C@H]2CN1C(=O)Nc1ccc(F)c(C(F)(F)F)c1. The molecule has 3 amide bonds. The molecule has 5 nitrogen and oxygen atoms in total. The summed E-state index contributed by atoms with van der Waals surface area (Å²) in [6.07, 6.45) is -3.20. The minimum atomic E-state index is -4.86. The van der Waals surface area contributed by atoms with Crippen LogP contribution in [0, 0.1) is 5.82 Å². The number of halogens is 4. The Labute approximate surface area is 141 Å². The molecular weight excluding hydrogens is 342 g/mol. The van der Waals surface area contributed by atoms with Gasteiger partial charge in [-0.25, -0.2) is 9.18 Å². The van der Waals surface area contributed by atoms with Gasteiger partial charge in [0, 0.05) is 24.8 Å². The van der Waals surface area contributed by atoms with Crippen LogP contribution in [0.3, 0.4) is 0 Å². The molecule has 0 unspecified atom stereocenters. The fourth-order valence-electron chi connectivity index (χ4n) is 3.35. The Balaban J connectivity index is 1.77. The second-order valence-electron chi connectivity index (χ2n) is 6.28. The summed E-state index contributed by atoms with van der Waals surface area (Å²) in [5.41, 5.74) is -1.62.